The third-order valence-electron chi connectivity index (χ3n) is 4.07. The number of nitrogens with two attached hydrogens (primary N) is 1. The summed E-state index contributed by atoms with van der Waals surface area (Å²) < 4.78 is 5.86. The first-order chi connectivity index (χ1) is 11.1. The summed E-state index contributed by atoms with van der Waals surface area (Å²) in [6.45, 7) is 1.39. The summed E-state index contributed by atoms with van der Waals surface area (Å²) in [7, 11) is 0. The SMILES string of the molecule is NC(=O)c1cccc(CN[C@H]2CCO[C@H]2c2ccc(Cl)cc2)c1. The average molecular weight is 331 g/mol. The number of hydrogen-bond acceptors (Lipinski definition) is 3. The molecule has 1 aliphatic rings. The fraction of sp³-hybridized carbons (Fsp3) is 0.278. The van der Waals surface area contributed by atoms with E-state index in [1.165, 1.54) is 0 Å². The van der Waals surface area contributed by atoms with E-state index in [0.717, 1.165) is 29.2 Å². The van der Waals surface area contributed by atoms with Crippen LogP contribution in [-0.4, -0.2) is 18.6 Å². The zero-order chi connectivity index (χ0) is 16.2. The van der Waals surface area contributed by atoms with Gasteiger partial charge in [0.1, 0.15) is 0 Å². The maximum atomic E-state index is 11.2. The number of rotatable bonds is 5. The maximum absolute atomic E-state index is 11.2. The Morgan fingerprint density at radius 1 is 1.26 bits per heavy atom. The minimum Gasteiger partial charge on any atom is -0.372 e. The Morgan fingerprint density at radius 2 is 2.04 bits per heavy atom. The first kappa shape index (κ1) is 16.0. The van der Waals surface area contributed by atoms with Gasteiger partial charge in [-0.3, -0.25) is 4.79 Å². The van der Waals surface area contributed by atoms with Gasteiger partial charge in [-0.1, -0.05) is 35.9 Å². The van der Waals surface area contributed by atoms with Gasteiger partial charge in [-0.05, 0) is 41.8 Å². The van der Waals surface area contributed by atoms with Crippen molar-refractivity contribution in [2.45, 2.75) is 25.1 Å². The molecule has 1 saturated heterocycles. The maximum Gasteiger partial charge on any atom is 0.248 e. The van der Waals surface area contributed by atoms with Gasteiger partial charge in [0.2, 0.25) is 5.91 Å². The molecule has 1 aliphatic heterocycles. The van der Waals surface area contributed by atoms with Crippen LogP contribution in [0, 0.1) is 0 Å². The van der Waals surface area contributed by atoms with E-state index in [1.807, 2.05) is 42.5 Å². The molecule has 23 heavy (non-hydrogen) atoms. The molecule has 1 heterocycles. The number of nitrogens with one attached hydrogen (secondary N) is 1. The van der Waals surface area contributed by atoms with E-state index in [9.17, 15) is 4.79 Å². The summed E-state index contributed by atoms with van der Waals surface area (Å²) in [6, 6.07) is 15.4. The summed E-state index contributed by atoms with van der Waals surface area (Å²) >= 11 is 5.94. The lowest BCUT2D eigenvalue weighted by Crippen LogP contribution is -2.31. The number of primary amides is 1. The molecule has 0 unspecified atom stereocenters. The van der Waals surface area contributed by atoms with Crippen LogP contribution in [0.4, 0.5) is 0 Å². The van der Waals surface area contributed by atoms with Gasteiger partial charge in [0.05, 0.1) is 6.10 Å². The van der Waals surface area contributed by atoms with E-state index < -0.39 is 5.91 Å². The molecule has 2 aromatic rings. The smallest absolute Gasteiger partial charge is 0.248 e. The summed E-state index contributed by atoms with van der Waals surface area (Å²) in [5.41, 5.74) is 8.00. The van der Waals surface area contributed by atoms with Crippen molar-refractivity contribution >= 4 is 17.5 Å². The van der Waals surface area contributed by atoms with Crippen LogP contribution >= 0.6 is 11.6 Å². The molecule has 1 amide bonds. The Kier molecular flexibility index (Phi) is 4.96. The molecule has 3 N–H and O–H groups in total. The Bertz CT molecular complexity index is 688. The predicted molar refractivity (Wildman–Crippen MR) is 90.3 cm³/mol. The molecule has 0 spiro atoms. The van der Waals surface area contributed by atoms with Gasteiger partial charge in [0.25, 0.3) is 0 Å². The molecule has 2 aromatic carbocycles. The van der Waals surface area contributed by atoms with Gasteiger partial charge in [0.15, 0.2) is 0 Å². The second-order valence-electron chi connectivity index (χ2n) is 5.68. The molecule has 0 aliphatic carbocycles. The lowest BCUT2D eigenvalue weighted by molar-refractivity contribution is 0.0983. The van der Waals surface area contributed by atoms with Crippen LogP contribution < -0.4 is 11.1 Å². The highest BCUT2D eigenvalue weighted by Crippen LogP contribution is 2.30. The fourth-order valence-corrected chi connectivity index (χ4v) is 2.99. The van der Waals surface area contributed by atoms with E-state index in [-0.39, 0.29) is 12.1 Å². The lowest BCUT2D eigenvalue weighted by Gasteiger charge is -2.20. The zero-order valence-corrected chi connectivity index (χ0v) is 13.4. The summed E-state index contributed by atoms with van der Waals surface area (Å²) in [4.78, 5) is 11.2. The Hall–Kier alpha value is -1.88. The van der Waals surface area contributed by atoms with Crippen LogP contribution in [0.2, 0.25) is 5.02 Å². The largest absolute Gasteiger partial charge is 0.372 e. The van der Waals surface area contributed by atoms with Gasteiger partial charge >= 0.3 is 0 Å². The van der Waals surface area contributed by atoms with Crippen molar-refractivity contribution in [1.82, 2.24) is 5.32 Å². The minimum atomic E-state index is -0.407. The number of ether oxygens (including phenoxy) is 1. The molecule has 1 fully saturated rings. The summed E-state index contributed by atoms with van der Waals surface area (Å²) in [5, 5.41) is 4.24. The second kappa shape index (κ2) is 7.13. The molecule has 5 heteroatoms. The average Bonchev–Trinajstić information content (AvgIpc) is 3.02. The quantitative estimate of drug-likeness (QED) is 0.885. The molecular weight excluding hydrogens is 312 g/mol. The fourth-order valence-electron chi connectivity index (χ4n) is 2.86. The van der Waals surface area contributed by atoms with E-state index >= 15 is 0 Å². The highest BCUT2D eigenvalue weighted by atomic mass is 35.5. The number of halogens is 1. The minimum absolute atomic E-state index is 0.0200. The molecule has 120 valence electrons. The molecule has 0 saturated carbocycles. The van der Waals surface area contributed by atoms with Crippen molar-refractivity contribution in [3.63, 3.8) is 0 Å². The number of carbonyl (C=O) groups is 1. The van der Waals surface area contributed by atoms with Gasteiger partial charge in [-0.2, -0.15) is 0 Å². The zero-order valence-electron chi connectivity index (χ0n) is 12.7. The highest BCUT2D eigenvalue weighted by molar-refractivity contribution is 6.30. The lowest BCUT2D eigenvalue weighted by atomic mass is 10.0. The topological polar surface area (TPSA) is 64.4 Å². The summed E-state index contributed by atoms with van der Waals surface area (Å²) in [5.74, 6) is -0.407. The van der Waals surface area contributed by atoms with E-state index in [0.29, 0.717) is 12.1 Å². The molecule has 0 radical (unpaired) electrons. The van der Waals surface area contributed by atoms with Crippen molar-refractivity contribution in [2.24, 2.45) is 5.73 Å². The normalized spacial score (nSPS) is 20.6. The van der Waals surface area contributed by atoms with E-state index in [1.54, 1.807) is 6.07 Å². The first-order valence-corrected chi connectivity index (χ1v) is 8.00. The van der Waals surface area contributed by atoms with Crippen molar-refractivity contribution in [2.75, 3.05) is 6.61 Å². The molecule has 0 aromatic heterocycles. The highest BCUT2D eigenvalue weighted by Gasteiger charge is 2.29. The summed E-state index contributed by atoms with van der Waals surface area (Å²) in [6.07, 6.45) is 0.967. The van der Waals surface area contributed by atoms with Crippen molar-refractivity contribution in [3.05, 3.63) is 70.2 Å². The van der Waals surface area contributed by atoms with Crippen molar-refractivity contribution < 1.29 is 9.53 Å². The Balaban J connectivity index is 1.66. The Morgan fingerprint density at radius 3 is 2.78 bits per heavy atom. The van der Waals surface area contributed by atoms with Crippen molar-refractivity contribution in [1.29, 1.82) is 0 Å². The molecule has 0 bridgehead atoms. The van der Waals surface area contributed by atoms with Crippen LogP contribution in [-0.2, 0) is 11.3 Å². The number of hydrogen-bond donors (Lipinski definition) is 2. The Labute approximate surface area is 140 Å². The van der Waals surface area contributed by atoms with Crippen LogP contribution in [0.25, 0.3) is 0 Å². The third-order valence-corrected chi connectivity index (χ3v) is 4.32. The van der Waals surface area contributed by atoms with Gasteiger partial charge in [-0.15, -0.1) is 0 Å². The third kappa shape index (κ3) is 3.91. The molecule has 3 rings (SSSR count). The van der Waals surface area contributed by atoms with Crippen LogP contribution in [0.15, 0.2) is 48.5 Å². The van der Waals surface area contributed by atoms with Crippen molar-refractivity contribution in [3.8, 4) is 0 Å². The van der Waals surface area contributed by atoms with E-state index in [4.69, 9.17) is 22.1 Å². The van der Waals surface area contributed by atoms with Gasteiger partial charge in [0, 0.05) is 29.8 Å². The van der Waals surface area contributed by atoms with Crippen LogP contribution in [0.3, 0.4) is 0 Å². The monoisotopic (exact) mass is 330 g/mol. The first-order valence-electron chi connectivity index (χ1n) is 7.62. The molecule has 2 atom stereocenters. The second-order valence-corrected chi connectivity index (χ2v) is 6.12. The predicted octanol–water partition coefficient (Wildman–Crippen LogP) is 3.06. The van der Waals surface area contributed by atoms with E-state index in [2.05, 4.69) is 5.32 Å². The van der Waals surface area contributed by atoms with Gasteiger partial charge < -0.3 is 15.8 Å². The van der Waals surface area contributed by atoms with Gasteiger partial charge in [-0.25, -0.2) is 0 Å². The van der Waals surface area contributed by atoms with Crippen LogP contribution in [0.1, 0.15) is 34.0 Å². The number of amides is 1. The molecular formula is C18H19ClN2O2. The van der Waals surface area contributed by atoms with Crippen LogP contribution in [0.5, 0.6) is 0 Å². The number of benzene rings is 2. The standard InChI is InChI=1S/C18H19ClN2O2/c19-15-6-4-13(5-7-15)17-16(8-9-23-17)21-11-12-2-1-3-14(10-12)18(20)22/h1-7,10,16-17,21H,8-9,11H2,(H2,20,22)/t16-,17-/m0/s1. The molecule has 4 nitrogen and oxygen atoms in total. The number of carbonyl (C=O) groups excluding carboxylic acids is 1.